The molecule has 0 aliphatic carbocycles. The van der Waals surface area contributed by atoms with Gasteiger partial charge in [0.25, 0.3) is 0 Å². The standard InChI is InChI=1S/C22H22BrN3O2/c23-19-6-4-18(5-7-19)21(27)10-11-22(28)26-13-1-12-25(14-15-26)20-8-2-17(16-24)3-9-20/h2-9H,1,10-15H2. The van der Waals surface area contributed by atoms with Gasteiger partial charge in [-0.25, -0.2) is 0 Å². The third-order valence-electron chi connectivity index (χ3n) is 4.94. The highest BCUT2D eigenvalue weighted by Crippen LogP contribution is 2.18. The molecule has 3 rings (SSSR count). The molecule has 1 heterocycles. The van der Waals surface area contributed by atoms with E-state index in [1.165, 1.54) is 0 Å². The fourth-order valence-corrected chi connectivity index (χ4v) is 3.59. The van der Waals surface area contributed by atoms with Crippen LogP contribution in [0.25, 0.3) is 0 Å². The lowest BCUT2D eigenvalue weighted by Crippen LogP contribution is -2.35. The molecule has 0 unspecified atom stereocenters. The molecule has 6 heteroatoms. The molecule has 0 bridgehead atoms. The van der Waals surface area contributed by atoms with Crippen LogP contribution >= 0.6 is 15.9 Å². The molecule has 5 nitrogen and oxygen atoms in total. The summed E-state index contributed by atoms with van der Waals surface area (Å²) in [4.78, 5) is 29.0. The van der Waals surface area contributed by atoms with E-state index in [2.05, 4.69) is 26.9 Å². The van der Waals surface area contributed by atoms with Gasteiger partial charge in [-0.05, 0) is 42.8 Å². The monoisotopic (exact) mass is 439 g/mol. The molecule has 28 heavy (non-hydrogen) atoms. The lowest BCUT2D eigenvalue weighted by molar-refractivity contribution is -0.130. The Morgan fingerprint density at radius 3 is 2.32 bits per heavy atom. The van der Waals surface area contributed by atoms with Gasteiger partial charge < -0.3 is 9.80 Å². The highest BCUT2D eigenvalue weighted by Gasteiger charge is 2.20. The molecule has 0 aromatic heterocycles. The first-order valence-electron chi connectivity index (χ1n) is 9.38. The molecular weight excluding hydrogens is 418 g/mol. The summed E-state index contributed by atoms with van der Waals surface area (Å²) in [5.74, 6) is 0.0296. The summed E-state index contributed by atoms with van der Waals surface area (Å²) in [6, 6.07) is 16.9. The number of halogens is 1. The van der Waals surface area contributed by atoms with E-state index in [0.29, 0.717) is 24.2 Å². The Bertz CT molecular complexity index is 872. The van der Waals surface area contributed by atoms with E-state index in [1.54, 1.807) is 12.1 Å². The highest BCUT2D eigenvalue weighted by molar-refractivity contribution is 9.10. The zero-order chi connectivity index (χ0) is 19.9. The molecule has 1 saturated heterocycles. The summed E-state index contributed by atoms with van der Waals surface area (Å²) in [5, 5.41) is 8.92. The number of ketones is 1. The number of benzene rings is 2. The number of anilines is 1. The van der Waals surface area contributed by atoms with E-state index in [0.717, 1.165) is 29.7 Å². The van der Waals surface area contributed by atoms with Crippen molar-refractivity contribution in [3.8, 4) is 6.07 Å². The number of rotatable bonds is 5. The predicted molar refractivity (Wildman–Crippen MR) is 112 cm³/mol. The maximum absolute atomic E-state index is 12.6. The first-order chi connectivity index (χ1) is 13.6. The molecule has 2 aromatic rings. The Hall–Kier alpha value is -2.65. The number of nitrogens with zero attached hydrogens (tertiary/aromatic N) is 3. The van der Waals surface area contributed by atoms with Crippen LogP contribution < -0.4 is 4.90 Å². The molecule has 0 spiro atoms. The molecule has 1 fully saturated rings. The molecule has 2 aromatic carbocycles. The molecule has 1 amide bonds. The van der Waals surface area contributed by atoms with Crippen molar-refractivity contribution in [2.45, 2.75) is 19.3 Å². The van der Waals surface area contributed by atoms with Crippen molar-refractivity contribution in [3.63, 3.8) is 0 Å². The van der Waals surface area contributed by atoms with Gasteiger partial charge in [0.2, 0.25) is 5.91 Å². The van der Waals surface area contributed by atoms with Gasteiger partial charge in [-0.3, -0.25) is 9.59 Å². The first kappa shape index (κ1) is 20.1. The van der Waals surface area contributed by atoms with E-state index in [4.69, 9.17) is 5.26 Å². The smallest absolute Gasteiger partial charge is 0.223 e. The number of carbonyl (C=O) groups excluding carboxylic acids is 2. The van der Waals surface area contributed by atoms with Crippen LogP contribution in [0, 0.1) is 11.3 Å². The second-order valence-electron chi connectivity index (χ2n) is 6.81. The number of hydrogen-bond acceptors (Lipinski definition) is 4. The predicted octanol–water partition coefficient (Wildman–Crippen LogP) is 4.02. The van der Waals surface area contributed by atoms with Gasteiger partial charge >= 0.3 is 0 Å². The van der Waals surface area contributed by atoms with Crippen LogP contribution in [0.5, 0.6) is 0 Å². The maximum Gasteiger partial charge on any atom is 0.223 e. The fraction of sp³-hybridized carbons (Fsp3) is 0.318. The van der Waals surface area contributed by atoms with Crippen molar-refractivity contribution in [2.24, 2.45) is 0 Å². The normalized spacial score (nSPS) is 14.3. The third-order valence-corrected chi connectivity index (χ3v) is 5.47. The van der Waals surface area contributed by atoms with Gasteiger partial charge in [0.1, 0.15) is 0 Å². The van der Waals surface area contributed by atoms with Gasteiger partial charge in [-0.1, -0.05) is 28.1 Å². The van der Waals surface area contributed by atoms with Gasteiger partial charge in [-0.2, -0.15) is 5.26 Å². The van der Waals surface area contributed by atoms with Crippen LogP contribution in [0.1, 0.15) is 35.2 Å². The Morgan fingerprint density at radius 1 is 0.929 bits per heavy atom. The zero-order valence-corrected chi connectivity index (χ0v) is 17.2. The quantitative estimate of drug-likeness (QED) is 0.659. The Labute approximate surface area is 173 Å². The molecule has 144 valence electrons. The second-order valence-corrected chi connectivity index (χ2v) is 7.73. The number of nitriles is 1. The topological polar surface area (TPSA) is 64.4 Å². The number of amides is 1. The Kier molecular flexibility index (Phi) is 6.83. The van der Waals surface area contributed by atoms with Crippen molar-refractivity contribution in [1.29, 1.82) is 5.26 Å². The van der Waals surface area contributed by atoms with E-state index >= 15 is 0 Å². The molecule has 0 radical (unpaired) electrons. The van der Waals surface area contributed by atoms with E-state index in [9.17, 15) is 9.59 Å². The summed E-state index contributed by atoms with van der Waals surface area (Å²) < 4.78 is 0.927. The molecule has 1 aliphatic rings. The lowest BCUT2D eigenvalue weighted by atomic mass is 10.1. The summed E-state index contributed by atoms with van der Waals surface area (Å²) in [6.07, 6.45) is 1.36. The largest absolute Gasteiger partial charge is 0.370 e. The van der Waals surface area contributed by atoms with Crippen LogP contribution in [0.15, 0.2) is 53.0 Å². The molecule has 0 saturated carbocycles. The zero-order valence-electron chi connectivity index (χ0n) is 15.6. The Morgan fingerprint density at radius 2 is 1.64 bits per heavy atom. The number of Topliss-reactive ketones (excluding diaryl/α,β-unsaturated/α-hetero) is 1. The second kappa shape index (κ2) is 9.52. The van der Waals surface area contributed by atoms with E-state index in [-0.39, 0.29) is 24.5 Å². The maximum atomic E-state index is 12.6. The SMILES string of the molecule is N#Cc1ccc(N2CCCN(C(=O)CCC(=O)c3ccc(Br)cc3)CC2)cc1. The van der Waals surface area contributed by atoms with Gasteiger partial charge in [-0.15, -0.1) is 0 Å². The molecular formula is C22H22BrN3O2. The lowest BCUT2D eigenvalue weighted by Gasteiger charge is -2.23. The number of hydrogen-bond donors (Lipinski definition) is 0. The van der Waals surface area contributed by atoms with Gasteiger partial charge in [0.15, 0.2) is 5.78 Å². The van der Waals surface area contributed by atoms with Gasteiger partial charge in [0.05, 0.1) is 11.6 Å². The van der Waals surface area contributed by atoms with Crippen LogP contribution in [-0.4, -0.2) is 42.8 Å². The Balaban J connectivity index is 1.51. The van der Waals surface area contributed by atoms with E-state index in [1.807, 2.05) is 41.3 Å². The van der Waals surface area contributed by atoms with Crippen molar-refractivity contribution in [1.82, 2.24) is 4.90 Å². The minimum atomic E-state index is -0.00474. The summed E-state index contributed by atoms with van der Waals surface area (Å²) in [5.41, 5.74) is 2.35. The van der Waals surface area contributed by atoms with Crippen LogP contribution in [-0.2, 0) is 4.79 Å². The van der Waals surface area contributed by atoms with Crippen LogP contribution in [0.2, 0.25) is 0 Å². The highest BCUT2D eigenvalue weighted by atomic mass is 79.9. The molecule has 1 aliphatic heterocycles. The summed E-state index contributed by atoms with van der Waals surface area (Å²) in [6.45, 7) is 2.97. The average molecular weight is 440 g/mol. The van der Waals surface area contributed by atoms with Crippen LogP contribution in [0.4, 0.5) is 5.69 Å². The van der Waals surface area contributed by atoms with Crippen LogP contribution in [0.3, 0.4) is 0 Å². The molecule has 0 atom stereocenters. The first-order valence-corrected chi connectivity index (χ1v) is 10.2. The van der Waals surface area contributed by atoms with Gasteiger partial charge in [0, 0.05) is 54.7 Å². The number of carbonyl (C=O) groups is 2. The fourth-order valence-electron chi connectivity index (χ4n) is 3.33. The van der Waals surface area contributed by atoms with Crippen molar-refractivity contribution >= 4 is 33.3 Å². The minimum absolute atomic E-state index is 0.00474. The van der Waals surface area contributed by atoms with Crippen molar-refractivity contribution < 1.29 is 9.59 Å². The van der Waals surface area contributed by atoms with E-state index < -0.39 is 0 Å². The van der Waals surface area contributed by atoms with Crippen molar-refractivity contribution in [3.05, 3.63) is 64.1 Å². The molecule has 0 N–H and O–H groups in total. The minimum Gasteiger partial charge on any atom is -0.370 e. The average Bonchev–Trinajstić information content (AvgIpc) is 2.99. The summed E-state index contributed by atoms with van der Waals surface area (Å²) in [7, 11) is 0. The third kappa shape index (κ3) is 5.20. The van der Waals surface area contributed by atoms with Crippen molar-refractivity contribution in [2.75, 3.05) is 31.1 Å². The summed E-state index contributed by atoms with van der Waals surface area (Å²) >= 11 is 3.35.